The topological polar surface area (TPSA) is 0 Å². The lowest BCUT2D eigenvalue weighted by Crippen LogP contribution is -1.87. The van der Waals surface area contributed by atoms with Crippen molar-refractivity contribution in [3.63, 3.8) is 0 Å². The summed E-state index contributed by atoms with van der Waals surface area (Å²) < 4.78 is 14.5. The van der Waals surface area contributed by atoms with Crippen molar-refractivity contribution in [2.75, 3.05) is 0 Å². The second-order valence-electron chi connectivity index (χ2n) is 7.80. The van der Waals surface area contributed by atoms with E-state index in [0.29, 0.717) is 11.1 Å². The minimum atomic E-state index is -0.340. The Kier molecular flexibility index (Phi) is 8.51. The number of benzene rings is 3. The van der Waals surface area contributed by atoms with Crippen molar-refractivity contribution in [2.24, 2.45) is 0 Å². The van der Waals surface area contributed by atoms with Gasteiger partial charge in [0.15, 0.2) is 0 Å². The molecule has 0 heterocycles. The van der Waals surface area contributed by atoms with Crippen LogP contribution in [0, 0.1) is 29.5 Å². The molecule has 0 nitrogen and oxygen atoms in total. The first-order chi connectivity index (χ1) is 15.2. The van der Waals surface area contributed by atoms with Crippen molar-refractivity contribution in [3.8, 4) is 23.7 Å². The van der Waals surface area contributed by atoms with E-state index in [1.807, 2.05) is 30.3 Å². The zero-order chi connectivity index (χ0) is 21.9. The van der Waals surface area contributed by atoms with Gasteiger partial charge in [-0.3, -0.25) is 0 Å². The molecule has 0 fully saturated rings. The molecular weight excluding hydrogens is 379 g/mol. The Hall–Kier alpha value is -3.29. The zero-order valence-electron chi connectivity index (χ0n) is 18.5. The molecule has 0 saturated heterocycles. The van der Waals surface area contributed by atoms with E-state index in [1.54, 1.807) is 6.07 Å². The highest BCUT2D eigenvalue weighted by molar-refractivity contribution is 5.49. The fraction of sp³-hybridized carbons (Fsp3) is 0.267. The average molecular weight is 409 g/mol. The lowest BCUT2D eigenvalue weighted by Gasteiger charge is -2.00. The van der Waals surface area contributed by atoms with Crippen LogP contribution in [0.25, 0.3) is 0 Å². The number of unbranched alkanes of at least 4 members (excludes halogenated alkanes) is 2. The molecule has 0 radical (unpaired) electrons. The Labute approximate surface area is 186 Å². The highest BCUT2D eigenvalue weighted by Crippen LogP contribution is 2.12. The van der Waals surface area contributed by atoms with Crippen LogP contribution in [0.4, 0.5) is 4.39 Å². The molecule has 0 atom stereocenters. The zero-order valence-corrected chi connectivity index (χ0v) is 18.5. The molecule has 31 heavy (non-hydrogen) atoms. The Morgan fingerprint density at radius 2 is 1.13 bits per heavy atom. The van der Waals surface area contributed by atoms with E-state index in [9.17, 15) is 4.39 Å². The lowest BCUT2D eigenvalue weighted by molar-refractivity contribution is 0.624. The maximum Gasteiger partial charge on any atom is 0.140 e. The summed E-state index contributed by atoms with van der Waals surface area (Å²) in [5.41, 5.74) is 5.51. The van der Waals surface area contributed by atoms with Gasteiger partial charge in [0.05, 0.1) is 5.56 Å². The molecule has 0 spiro atoms. The number of aryl methyl sites for hydroxylation is 2. The third-order valence-corrected chi connectivity index (χ3v) is 5.18. The molecule has 0 aliphatic heterocycles. The monoisotopic (exact) mass is 408 g/mol. The quantitative estimate of drug-likeness (QED) is 0.296. The molecule has 3 aromatic carbocycles. The first-order valence-electron chi connectivity index (χ1n) is 11.2. The highest BCUT2D eigenvalue weighted by atomic mass is 19.1. The number of hydrogen-bond donors (Lipinski definition) is 0. The van der Waals surface area contributed by atoms with Gasteiger partial charge in [0.1, 0.15) is 5.82 Å². The minimum Gasteiger partial charge on any atom is -0.206 e. The largest absolute Gasteiger partial charge is 0.206 e. The first-order valence-corrected chi connectivity index (χ1v) is 11.2. The predicted octanol–water partition coefficient (Wildman–Crippen LogP) is 7.31. The van der Waals surface area contributed by atoms with E-state index in [0.717, 1.165) is 30.4 Å². The number of hydrogen-bond acceptors (Lipinski definition) is 0. The summed E-state index contributed by atoms with van der Waals surface area (Å²) in [4.78, 5) is 0. The van der Waals surface area contributed by atoms with Crippen molar-refractivity contribution >= 4 is 0 Å². The van der Waals surface area contributed by atoms with E-state index in [-0.39, 0.29) is 5.82 Å². The van der Waals surface area contributed by atoms with E-state index in [4.69, 9.17) is 0 Å². The maximum atomic E-state index is 14.5. The highest BCUT2D eigenvalue weighted by Gasteiger charge is 2.00. The molecule has 3 aromatic rings. The average Bonchev–Trinajstić information content (AvgIpc) is 2.79. The molecular formula is C30H29F. The summed E-state index contributed by atoms with van der Waals surface area (Å²) in [5, 5.41) is 0. The fourth-order valence-corrected chi connectivity index (χ4v) is 3.36. The summed E-state index contributed by atoms with van der Waals surface area (Å²) in [7, 11) is 0. The SMILES string of the molecule is CCCCCc1ccc(C#Cc2ccc(C#Cc3ccc(CCC)cc3)c(F)c2)cc1. The second kappa shape index (κ2) is 11.8. The molecule has 0 aromatic heterocycles. The van der Waals surface area contributed by atoms with Gasteiger partial charge in [0, 0.05) is 16.7 Å². The second-order valence-corrected chi connectivity index (χ2v) is 7.80. The van der Waals surface area contributed by atoms with E-state index < -0.39 is 0 Å². The molecule has 0 bridgehead atoms. The van der Waals surface area contributed by atoms with Crippen LogP contribution in [-0.4, -0.2) is 0 Å². The van der Waals surface area contributed by atoms with Crippen molar-refractivity contribution < 1.29 is 4.39 Å². The van der Waals surface area contributed by atoms with Crippen LogP contribution in [0.15, 0.2) is 66.7 Å². The standard InChI is InChI=1S/C30H29F/c1-3-5-6-8-25-11-15-26(16-12-25)17-18-28-20-22-29(30(31)23-28)21-19-27-13-9-24(7-4-2)10-14-27/h9-16,20,22-23H,3-8H2,1-2H3. The van der Waals surface area contributed by atoms with Gasteiger partial charge in [-0.2, -0.15) is 0 Å². The van der Waals surface area contributed by atoms with Gasteiger partial charge in [0.25, 0.3) is 0 Å². The van der Waals surface area contributed by atoms with Gasteiger partial charge >= 0.3 is 0 Å². The Morgan fingerprint density at radius 3 is 1.71 bits per heavy atom. The molecule has 0 aliphatic carbocycles. The van der Waals surface area contributed by atoms with Gasteiger partial charge in [-0.15, -0.1) is 0 Å². The van der Waals surface area contributed by atoms with Crippen LogP contribution in [0.2, 0.25) is 0 Å². The van der Waals surface area contributed by atoms with Gasteiger partial charge in [-0.05, 0) is 72.9 Å². The Bertz CT molecular complexity index is 1100. The van der Waals surface area contributed by atoms with Crippen LogP contribution in [0.1, 0.15) is 72.9 Å². The lowest BCUT2D eigenvalue weighted by atomic mass is 10.1. The molecule has 0 unspecified atom stereocenters. The van der Waals surface area contributed by atoms with Crippen LogP contribution in [0.5, 0.6) is 0 Å². The predicted molar refractivity (Wildman–Crippen MR) is 128 cm³/mol. The van der Waals surface area contributed by atoms with E-state index >= 15 is 0 Å². The number of rotatable bonds is 6. The maximum absolute atomic E-state index is 14.5. The Balaban J connectivity index is 1.65. The van der Waals surface area contributed by atoms with Crippen molar-refractivity contribution in [3.05, 3.63) is 106 Å². The van der Waals surface area contributed by atoms with Gasteiger partial charge in [0.2, 0.25) is 0 Å². The third-order valence-electron chi connectivity index (χ3n) is 5.18. The van der Waals surface area contributed by atoms with Crippen molar-refractivity contribution in [2.45, 2.75) is 52.4 Å². The van der Waals surface area contributed by atoms with Gasteiger partial charge in [-0.25, -0.2) is 4.39 Å². The van der Waals surface area contributed by atoms with E-state index in [2.05, 4.69) is 61.8 Å². The third kappa shape index (κ3) is 7.16. The van der Waals surface area contributed by atoms with Crippen molar-refractivity contribution in [1.29, 1.82) is 0 Å². The van der Waals surface area contributed by atoms with Crippen LogP contribution in [-0.2, 0) is 12.8 Å². The van der Waals surface area contributed by atoms with Crippen LogP contribution >= 0.6 is 0 Å². The van der Waals surface area contributed by atoms with Crippen LogP contribution in [0.3, 0.4) is 0 Å². The normalized spacial score (nSPS) is 10.0. The van der Waals surface area contributed by atoms with Gasteiger partial charge in [-0.1, -0.05) is 81.1 Å². The minimum absolute atomic E-state index is 0.340. The molecule has 0 amide bonds. The molecule has 0 N–H and O–H groups in total. The van der Waals surface area contributed by atoms with Crippen LogP contribution < -0.4 is 0 Å². The summed E-state index contributed by atoms with van der Waals surface area (Å²) in [5.74, 6) is 11.8. The van der Waals surface area contributed by atoms with Crippen molar-refractivity contribution in [1.82, 2.24) is 0 Å². The van der Waals surface area contributed by atoms with E-state index in [1.165, 1.54) is 36.5 Å². The smallest absolute Gasteiger partial charge is 0.140 e. The summed E-state index contributed by atoms with van der Waals surface area (Å²) in [6.45, 7) is 4.38. The molecule has 3 rings (SSSR count). The van der Waals surface area contributed by atoms with Gasteiger partial charge < -0.3 is 0 Å². The molecule has 1 heteroatoms. The Morgan fingerprint density at radius 1 is 0.581 bits per heavy atom. The summed E-state index contributed by atoms with van der Waals surface area (Å²) >= 11 is 0. The summed E-state index contributed by atoms with van der Waals surface area (Å²) in [6.07, 6.45) is 7.01. The number of halogens is 1. The fourth-order valence-electron chi connectivity index (χ4n) is 3.36. The first kappa shape index (κ1) is 22.4. The molecule has 0 saturated carbocycles. The molecule has 156 valence electrons. The molecule has 0 aliphatic rings. The summed E-state index contributed by atoms with van der Waals surface area (Å²) in [6, 6.07) is 21.5.